The topological polar surface area (TPSA) is 32.7 Å². The molecule has 2 aromatic rings. The third-order valence-electron chi connectivity index (χ3n) is 4.79. The van der Waals surface area contributed by atoms with Crippen molar-refractivity contribution in [2.24, 2.45) is 5.10 Å². The molecule has 0 aromatic heterocycles. The lowest BCUT2D eigenvalue weighted by Gasteiger charge is -2.23. The molecule has 0 unspecified atom stereocenters. The Balaban J connectivity index is 1.73. The van der Waals surface area contributed by atoms with E-state index in [4.69, 9.17) is 0 Å². The Hall–Kier alpha value is -2.89. The molecule has 0 bridgehead atoms. The molecule has 1 aliphatic rings. The summed E-state index contributed by atoms with van der Waals surface area (Å²) < 4.78 is 38.7. The minimum absolute atomic E-state index is 0.0170. The van der Waals surface area contributed by atoms with E-state index >= 15 is 0 Å². The maximum atomic E-state index is 12.9. The van der Waals surface area contributed by atoms with E-state index in [-0.39, 0.29) is 18.9 Å². The van der Waals surface area contributed by atoms with Gasteiger partial charge in [0.2, 0.25) is 5.91 Å². The van der Waals surface area contributed by atoms with Crippen LogP contribution in [0, 0.1) is 0 Å². The van der Waals surface area contributed by atoms with E-state index in [1.165, 1.54) is 16.6 Å². The van der Waals surface area contributed by atoms with Crippen molar-refractivity contribution in [3.63, 3.8) is 0 Å². The van der Waals surface area contributed by atoms with Gasteiger partial charge in [-0.15, -0.1) is 0 Å². The van der Waals surface area contributed by atoms with Gasteiger partial charge in [0.1, 0.15) is 0 Å². The molecule has 29 heavy (non-hydrogen) atoms. The van der Waals surface area contributed by atoms with Crippen molar-refractivity contribution >= 4 is 17.7 Å². The highest BCUT2D eigenvalue weighted by molar-refractivity contribution is 6.02. The number of allylic oxidation sites excluding steroid dienone is 1. The van der Waals surface area contributed by atoms with Gasteiger partial charge in [0.05, 0.1) is 17.8 Å². The van der Waals surface area contributed by atoms with Crippen LogP contribution in [-0.4, -0.2) is 16.6 Å². The molecule has 1 amide bonds. The Morgan fingerprint density at radius 3 is 2.45 bits per heavy atom. The van der Waals surface area contributed by atoms with E-state index in [1.807, 2.05) is 24.3 Å². The molecule has 1 aliphatic heterocycles. The summed E-state index contributed by atoms with van der Waals surface area (Å²) in [5.41, 5.74) is 2.68. The normalized spacial score (nSPS) is 15.3. The lowest BCUT2D eigenvalue weighted by atomic mass is 10.0. The second-order valence-corrected chi connectivity index (χ2v) is 7.40. The minimum atomic E-state index is -4.41. The third kappa shape index (κ3) is 5.56. The number of carbonyl (C=O) groups is 1. The van der Waals surface area contributed by atoms with E-state index in [1.54, 1.807) is 6.07 Å². The van der Waals surface area contributed by atoms with Crippen LogP contribution in [0.3, 0.4) is 0 Å². The Bertz CT molecular complexity index is 928. The SMILES string of the molecule is CC(C)c1ccc(/C=C/C2=NN(Cc3cccc(C(F)(F)F)c3)C(=O)CC2)cc1. The molecule has 0 radical (unpaired) electrons. The second kappa shape index (κ2) is 8.64. The fraction of sp³-hybridized carbons (Fsp3) is 0.304. The molecule has 0 spiro atoms. The quantitative estimate of drug-likeness (QED) is 0.604. The van der Waals surface area contributed by atoms with Gasteiger partial charge in [-0.3, -0.25) is 4.79 Å². The summed E-state index contributed by atoms with van der Waals surface area (Å²) in [6, 6.07) is 13.2. The van der Waals surface area contributed by atoms with Gasteiger partial charge in [0.25, 0.3) is 0 Å². The molecular weight excluding hydrogens is 377 g/mol. The van der Waals surface area contributed by atoms with Gasteiger partial charge in [-0.25, -0.2) is 5.01 Å². The predicted octanol–water partition coefficient (Wildman–Crippen LogP) is 6.02. The van der Waals surface area contributed by atoms with Gasteiger partial charge in [0, 0.05) is 12.8 Å². The van der Waals surface area contributed by atoms with E-state index in [0.29, 0.717) is 17.9 Å². The number of halogens is 3. The van der Waals surface area contributed by atoms with Crippen molar-refractivity contribution in [2.45, 2.75) is 45.3 Å². The molecule has 2 aromatic carbocycles. The van der Waals surface area contributed by atoms with Crippen molar-refractivity contribution in [1.82, 2.24) is 5.01 Å². The van der Waals surface area contributed by atoms with Crippen LogP contribution in [0.5, 0.6) is 0 Å². The first kappa shape index (κ1) is 20.8. The number of amides is 1. The summed E-state index contributed by atoms with van der Waals surface area (Å²) in [5, 5.41) is 5.59. The summed E-state index contributed by atoms with van der Waals surface area (Å²) in [4.78, 5) is 12.2. The molecule has 6 heteroatoms. The Kier molecular flexibility index (Phi) is 6.20. The highest BCUT2D eigenvalue weighted by atomic mass is 19.4. The minimum Gasteiger partial charge on any atom is -0.273 e. The largest absolute Gasteiger partial charge is 0.416 e. The summed E-state index contributed by atoms with van der Waals surface area (Å²) in [5.74, 6) is 0.270. The average Bonchev–Trinajstić information content (AvgIpc) is 2.68. The van der Waals surface area contributed by atoms with Crippen molar-refractivity contribution in [3.8, 4) is 0 Å². The number of alkyl halides is 3. The average molecular weight is 400 g/mol. The number of hydrazone groups is 1. The molecule has 0 N–H and O–H groups in total. The maximum Gasteiger partial charge on any atom is 0.416 e. The Morgan fingerprint density at radius 2 is 1.79 bits per heavy atom. The van der Waals surface area contributed by atoms with Crippen LogP contribution in [0.4, 0.5) is 13.2 Å². The number of hydrogen-bond acceptors (Lipinski definition) is 2. The second-order valence-electron chi connectivity index (χ2n) is 7.40. The highest BCUT2D eigenvalue weighted by Crippen LogP contribution is 2.30. The Morgan fingerprint density at radius 1 is 1.07 bits per heavy atom. The predicted molar refractivity (Wildman–Crippen MR) is 108 cm³/mol. The first-order valence-corrected chi connectivity index (χ1v) is 9.54. The molecule has 3 rings (SSSR count). The summed E-state index contributed by atoms with van der Waals surface area (Å²) in [6.45, 7) is 4.29. The van der Waals surface area contributed by atoms with Gasteiger partial charge in [0.15, 0.2) is 0 Å². The molecular formula is C23H23F3N2O. The smallest absolute Gasteiger partial charge is 0.273 e. The third-order valence-corrected chi connectivity index (χ3v) is 4.79. The first-order valence-electron chi connectivity index (χ1n) is 9.54. The van der Waals surface area contributed by atoms with Crippen LogP contribution in [0.2, 0.25) is 0 Å². The van der Waals surface area contributed by atoms with E-state index in [2.05, 4.69) is 31.1 Å². The first-order chi connectivity index (χ1) is 13.7. The molecule has 0 aliphatic carbocycles. The van der Waals surface area contributed by atoms with Crippen LogP contribution >= 0.6 is 0 Å². The van der Waals surface area contributed by atoms with Crippen LogP contribution < -0.4 is 0 Å². The Labute approximate surface area is 168 Å². The monoisotopic (exact) mass is 400 g/mol. The van der Waals surface area contributed by atoms with Crippen molar-refractivity contribution in [1.29, 1.82) is 0 Å². The van der Waals surface area contributed by atoms with Crippen molar-refractivity contribution < 1.29 is 18.0 Å². The number of benzene rings is 2. The standard InChI is InChI=1S/C23H23F3N2O/c1-16(2)19-9-6-17(7-10-19)8-11-21-12-13-22(29)28(27-21)15-18-4-3-5-20(14-18)23(24,25)26/h3-11,14,16H,12-13,15H2,1-2H3/b11-8+. The summed E-state index contributed by atoms with van der Waals surface area (Å²) >= 11 is 0. The van der Waals surface area contributed by atoms with Gasteiger partial charge >= 0.3 is 6.18 Å². The number of carbonyl (C=O) groups excluding carboxylic acids is 1. The zero-order valence-corrected chi connectivity index (χ0v) is 16.4. The fourth-order valence-electron chi connectivity index (χ4n) is 3.07. The number of hydrogen-bond donors (Lipinski definition) is 0. The number of nitrogens with zero attached hydrogens (tertiary/aromatic N) is 2. The zero-order valence-electron chi connectivity index (χ0n) is 16.4. The zero-order chi connectivity index (χ0) is 21.0. The van der Waals surface area contributed by atoms with E-state index in [9.17, 15) is 18.0 Å². The van der Waals surface area contributed by atoms with E-state index < -0.39 is 11.7 Å². The molecule has 3 nitrogen and oxygen atoms in total. The summed E-state index contributed by atoms with van der Waals surface area (Å²) in [6.07, 6.45) is 0.175. The molecule has 0 saturated heterocycles. The van der Waals surface area contributed by atoms with Crippen LogP contribution in [0.15, 0.2) is 59.7 Å². The van der Waals surface area contributed by atoms with Gasteiger partial charge in [-0.2, -0.15) is 18.3 Å². The van der Waals surface area contributed by atoms with Crippen LogP contribution in [0.25, 0.3) is 6.08 Å². The molecule has 0 saturated carbocycles. The lowest BCUT2D eigenvalue weighted by Crippen LogP contribution is -2.30. The van der Waals surface area contributed by atoms with Gasteiger partial charge < -0.3 is 0 Å². The summed E-state index contributed by atoms with van der Waals surface area (Å²) in [7, 11) is 0. The highest BCUT2D eigenvalue weighted by Gasteiger charge is 2.30. The lowest BCUT2D eigenvalue weighted by molar-refractivity contribution is -0.137. The molecule has 1 heterocycles. The molecule has 0 fully saturated rings. The maximum absolute atomic E-state index is 12.9. The van der Waals surface area contributed by atoms with Gasteiger partial charge in [-0.1, -0.05) is 56.3 Å². The molecule has 0 atom stereocenters. The number of rotatable bonds is 5. The van der Waals surface area contributed by atoms with Gasteiger partial charge in [-0.05, 0) is 40.8 Å². The van der Waals surface area contributed by atoms with Crippen LogP contribution in [-0.2, 0) is 17.5 Å². The van der Waals surface area contributed by atoms with Crippen molar-refractivity contribution in [2.75, 3.05) is 0 Å². The molecule has 152 valence electrons. The van der Waals surface area contributed by atoms with E-state index in [0.717, 1.165) is 23.4 Å². The van der Waals surface area contributed by atoms with Crippen LogP contribution in [0.1, 0.15) is 54.9 Å². The van der Waals surface area contributed by atoms with Crippen molar-refractivity contribution in [3.05, 3.63) is 76.9 Å². The fourth-order valence-corrected chi connectivity index (χ4v) is 3.07.